The van der Waals surface area contributed by atoms with Crippen LogP contribution in [0.15, 0.2) is 22.7 Å². The molecule has 4 heteroatoms. The number of anilines is 1. The quantitative estimate of drug-likeness (QED) is 0.859. The second-order valence-electron chi connectivity index (χ2n) is 4.76. The van der Waals surface area contributed by atoms with Crippen molar-refractivity contribution in [2.75, 3.05) is 11.9 Å². The van der Waals surface area contributed by atoms with Crippen LogP contribution in [-0.2, 0) is 0 Å². The van der Waals surface area contributed by atoms with Crippen LogP contribution in [0.4, 0.5) is 5.69 Å². The highest BCUT2D eigenvalue weighted by atomic mass is 79.9. The van der Waals surface area contributed by atoms with Crippen LogP contribution in [0, 0.1) is 0 Å². The molecule has 0 heterocycles. The Morgan fingerprint density at radius 3 is 2.47 bits per heavy atom. The van der Waals surface area contributed by atoms with Gasteiger partial charge in [0.2, 0.25) is 0 Å². The molecule has 2 nitrogen and oxygen atoms in total. The number of benzene rings is 1. The molecule has 0 fully saturated rings. The van der Waals surface area contributed by atoms with Gasteiger partial charge in [-0.15, -0.1) is 0 Å². The summed E-state index contributed by atoms with van der Waals surface area (Å²) in [5.74, 6) is 0. The van der Waals surface area contributed by atoms with E-state index in [2.05, 4.69) is 54.7 Å². The van der Waals surface area contributed by atoms with Gasteiger partial charge in [0.15, 0.2) is 0 Å². The zero-order valence-corrected chi connectivity index (χ0v) is 13.2. The predicted molar refractivity (Wildman–Crippen MR) is 82.8 cm³/mol. The van der Waals surface area contributed by atoms with Crippen molar-refractivity contribution < 1.29 is 0 Å². The second-order valence-corrected chi connectivity index (χ2v) is 6.05. The second kappa shape index (κ2) is 5.36. The van der Waals surface area contributed by atoms with Crippen LogP contribution in [0.5, 0.6) is 0 Å². The van der Waals surface area contributed by atoms with Gasteiger partial charge in [-0.1, -0.05) is 19.1 Å². The third-order valence-electron chi connectivity index (χ3n) is 3.37. The molecule has 1 rings (SSSR count). The van der Waals surface area contributed by atoms with Gasteiger partial charge in [0.1, 0.15) is 4.99 Å². The van der Waals surface area contributed by atoms with Gasteiger partial charge in [0.25, 0.3) is 0 Å². The zero-order valence-electron chi connectivity index (χ0n) is 10.7. The Morgan fingerprint density at radius 2 is 2.06 bits per heavy atom. The molecule has 0 aliphatic heterocycles. The fraction of sp³-hybridized carbons (Fsp3) is 0.462. The van der Waals surface area contributed by atoms with Crippen molar-refractivity contribution >= 4 is 38.8 Å². The summed E-state index contributed by atoms with van der Waals surface area (Å²) < 4.78 is 1.02. The van der Waals surface area contributed by atoms with Crippen molar-refractivity contribution in [3.05, 3.63) is 28.2 Å². The highest BCUT2D eigenvalue weighted by Gasteiger charge is 2.23. The molecule has 0 bridgehead atoms. The molecule has 0 atom stereocenters. The lowest BCUT2D eigenvalue weighted by Gasteiger charge is -2.37. The van der Waals surface area contributed by atoms with E-state index in [1.807, 2.05) is 12.1 Å². The number of thiocarbonyl (C=S) groups is 1. The zero-order chi connectivity index (χ0) is 13.2. The Bertz CT molecular complexity index is 429. The summed E-state index contributed by atoms with van der Waals surface area (Å²) in [5.41, 5.74) is 7.77. The first-order valence-corrected chi connectivity index (χ1v) is 6.83. The van der Waals surface area contributed by atoms with E-state index >= 15 is 0 Å². The van der Waals surface area contributed by atoms with Gasteiger partial charge in [-0.2, -0.15) is 0 Å². The molecule has 0 unspecified atom stereocenters. The Hall–Kier alpha value is -0.610. The molecule has 94 valence electrons. The van der Waals surface area contributed by atoms with Crippen LogP contribution >= 0.6 is 28.1 Å². The molecule has 1 aromatic rings. The summed E-state index contributed by atoms with van der Waals surface area (Å²) >= 11 is 8.55. The molecule has 0 spiro atoms. The number of hydrogen-bond acceptors (Lipinski definition) is 2. The smallest absolute Gasteiger partial charge is 0.104 e. The lowest BCUT2D eigenvalue weighted by atomic mass is 9.99. The first kappa shape index (κ1) is 14.5. The Kier molecular flexibility index (Phi) is 4.55. The van der Waals surface area contributed by atoms with E-state index in [4.69, 9.17) is 18.0 Å². The lowest BCUT2D eigenvalue weighted by molar-refractivity contribution is 0.470. The van der Waals surface area contributed by atoms with E-state index in [9.17, 15) is 0 Å². The normalized spacial score (nSPS) is 11.4. The number of nitrogens with two attached hydrogens (primary N) is 1. The van der Waals surface area contributed by atoms with E-state index in [0.29, 0.717) is 4.99 Å². The van der Waals surface area contributed by atoms with Gasteiger partial charge in [0, 0.05) is 22.6 Å². The van der Waals surface area contributed by atoms with E-state index in [-0.39, 0.29) is 5.54 Å². The van der Waals surface area contributed by atoms with Gasteiger partial charge >= 0.3 is 0 Å². The van der Waals surface area contributed by atoms with Crippen LogP contribution in [0.2, 0.25) is 0 Å². The Morgan fingerprint density at radius 1 is 1.47 bits per heavy atom. The third-order valence-corrected chi connectivity index (χ3v) is 4.24. The van der Waals surface area contributed by atoms with Crippen molar-refractivity contribution in [3.8, 4) is 0 Å². The maximum absolute atomic E-state index is 5.62. The minimum Gasteiger partial charge on any atom is -0.389 e. The van der Waals surface area contributed by atoms with Crippen LogP contribution in [0.3, 0.4) is 0 Å². The van der Waals surface area contributed by atoms with Crippen molar-refractivity contribution in [3.63, 3.8) is 0 Å². The highest BCUT2D eigenvalue weighted by molar-refractivity contribution is 9.10. The monoisotopic (exact) mass is 314 g/mol. The van der Waals surface area contributed by atoms with Gasteiger partial charge in [-0.3, -0.25) is 0 Å². The van der Waals surface area contributed by atoms with E-state index in [0.717, 1.165) is 22.1 Å². The van der Waals surface area contributed by atoms with E-state index < -0.39 is 0 Å². The Labute approximate surface area is 117 Å². The third kappa shape index (κ3) is 3.19. The lowest BCUT2D eigenvalue weighted by Crippen LogP contribution is -2.40. The van der Waals surface area contributed by atoms with Gasteiger partial charge in [-0.25, -0.2) is 0 Å². The van der Waals surface area contributed by atoms with Crippen molar-refractivity contribution in [2.45, 2.75) is 32.7 Å². The number of rotatable bonds is 4. The number of hydrogen-bond donors (Lipinski definition) is 1. The fourth-order valence-electron chi connectivity index (χ4n) is 1.50. The highest BCUT2D eigenvalue weighted by Crippen LogP contribution is 2.32. The van der Waals surface area contributed by atoms with Crippen LogP contribution < -0.4 is 10.6 Å². The summed E-state index contributed by atoms with van der Waals surface area (Å²) in [6.07, 6.45) is 1.08. The molecule has 0 amide bonds. The summed E-state index contributed by atoms with van der Waals surface area (Å²) in [4.78, 5) is 2.69. The van der Waals surface area contributed by atoms with Gasteiger partial charge in [-0.05, 0) is 54.4 Å². The topological polar surface area (TPSA) is 29.3 Å². The minimum atomic E-state index is 0.118. The van der Waals surface area contributed by atoms with Crippen molar-refractivity contribution in [1.29, 1.82) is 0 Å². The average Bonchev–Trinajstić information content (AvgIpc) is 2.27. The standard InChI is InChI=1S/C13H19BrN2S/c1-5-13(2,3)16(4)11-7-6-9(12(15)17)8-10(11)14/h6-8H,5H2,1-4H3,(H2,15,17). The van der Waals surface area contributed by atoms with Crippen LogP contribution in [-0.4, -0.2) is 17.6 Å². The molecular formula is C13H19BrN2S. The molecule has 1 aromatic carbocycles. The molecule has 0 aliphatic rings. The fourth-order valence-corrected chi connectivity index (χ4v) is 2.27. The Balaban J connectivity index is 3.12. The summed E-state index contributed by atoms with van der Waals surface area (Å²) in [6, 6.07) is 5.99. The van der Waals surface area contributed by atoms with Gasteiger partial charge < -0.3 is 10.6 Å². The molecule has 0 saturated carbocycles. The maximum Gasteiger partial charge on any atom is 0.104 e. The van der Waals surface area contributed by atoms with Crippen molar-refractivity contribution in [1.82, 2.24) is 0 Å². The van der Waals surface area contributed by atoms with Gasteiger partial charge in [0.05, 0.1) is 5.69 Å². The summed E-state index contributed by atoms with van der Waals surface area (Å²) in [6.45, 7) is 6.63. The number of nitrogens with zero attached hydrogens (tertiary/aromatic N) is 1. The van der Waals surface area contributed by atoms with Crippen molar-refractivity contribution in [2.24, 2.45) is 5.73 Å². The molecule has 17 heavy (non-hydrogen) atoms. The van der Waals surface area contributed by atoms with E-state index in [1.165, 1.54) is 0 Å². The maximum atomic E-state index is 5.62. The molecule has 0 aromatic heterocycles. The molecule has 2 N–H and O–H groups in total. The molecule has 0 saturated heterocycles. The van der Waals surface area contributed by atoms with E-state index in [1.54, 1.807) is 0 Å². The predicted octanol–water partition coefficient (Wildman–Crippen LogP) is 3.71. The summed E-state index contributed by atoms with van der Waals surface area (Å²) in [7, 11) is 2.10. The average molecular weight is 315 g/mol. The molecule has 0 aliphatic carbocycles. The largest absolute Gasteiger partial charge is 0.389 e. The number of halogens is 1. The first-order valence-electron chi connectivity index (χ1n) is 5.62. The molecular weight excluding hydrogens is 296 g/mol. The minimum absolute atomic E-state index is 0.118. The first-order chi connectivity index (χ1) is 7.79. The van der Waals surface area contributed by atoms with Crippen LogP contribution in [0.1, 0.15) is 32.8 Å². The van der Waals surface area contributed by atoms with Crippen LogP contribution in [0.25, 0.3) is 0 Å². The summed E-state index contributed by atoms with van der Waals surface area (Å²) in [5, 5.41) is 0. The SMILES string of the molecule is CCC(C)(C)N(C)c1ccc(C(N)=S)cc1Br. The molecule has 0 radical (unpaired) electrons.